The monoisotopic (exact) mass is 487 g/mol. The van der Waals surface area contributed by atoms with E-state index in [2.05, 4.69) is 5.32 Å². The van der Waals surface area contributed by atoms with Crippen LogP contribution in [0.3, 0.4) is 0 Å². The average Bonchev–Trinajstić information content (AvgIpc) is 2.85. The van der Waals surface area contributed by atoms with Crippen LogP contribution in [0.2, 0.25) is 0 Å². The Bertz CT molecular complexity index is 1130. The Morgan fingerprint density at radius 1 is 1.12 bits per heavy atom. The lowest BCUT2D eigenvalue weighted by Crippen LogP contribution is -2.47. The number of hydrogen-bond donors (Lipinski definition) is 1. The zero-order valence-corrected chi connectivity index (χ0v) is 19.9. The molecule has 34 heavy (non-hydrogen) atoms. The maximum Gasteiger partial charge on any atom is 0.265 e. The van der Waals surface area contributed by atoms with Crippen molar-refractivity contribution >= 4 is 27.5 Å². The predicted octanol–water partition coefficient (Wildman–Crippen LogP) is 1.57. The Kier molecular flexibility index (Phi) is 7.50. The van der Waals surface area contributed by atoms with Gasteiger partial charge < -0.3 is 14.8 Å². The first-order valence-electron chi connectivity index (χ1n) is 11.3. The lowest BCUT2D eigenvalue weighted by molar-refractivity contribution is -0.125. The van der Waals surface area contributed by atoms with Crippen molar-refractivity contribution in [3.63, 3.8) is 0 Å². The van der Waals surface area contributed by atoms with Crippen LogP contribution >= 0.6 is 0 Å². The molecule has 2 aliphatic heterocycles. The van der Waals surface area contributed by atoms with E-state index < -0.39 is 15.9 Å². The molecule has 0 unspecified atom stereocenters. The minimum Gasteiger partial charge on any atom is -0.482 e. The molecule has 1 N–H and O–H groups in total. The van der Waals surface area contributed by atoms with Gasteiger partial charge in [-0.3, -0.25) is 14.5 Å². The van der Waals surface area contributed by atoms with Crippen LogP contribution in [0.1, 0.15) is 18.9 Å². The lowest BCUT2D eigenvalue weighted by atomic mass is 10.1. The Balaban J connectivity index is 1.45. The Morgan fingerprint density at radius 2 is 1.85 bits per heavy atom. The van der Waals surface area contributed by atoms with E-state index in [1.54, 1.807) is 0 Å². The molecule has 10 heteroatoms. The normalized spacial score (nSPS) is 17.6. The zero-order chi connectivity index (χ0) is 24.1. The van der Waals surface area contributed by atoms with Gasteiger partial charge in [0, 0.05) is 19.1 Å². The average molecular weight is 488 g/mol. The standard InChI is InChI=1S/C24H29N3O6S/c1-18(7-8-19-5-3-2-4-6-19)25-23(28)16-27-21-15-20(9-10-22(21)33-17-24(27)29)34(30,31)26-11-13-32-14-12-26/h2-6,9-10,15,18H,7-8,11-14,16-17H2,1H3,(H,25,28)/t18-/m0/s1. The minimum absolute atomic E-state index is 0.0492. The molecule has 2 aromatic carbocycles. The summed E-state index contributed by atoms with van der Waals surface area (Å²) in [6.45, 7) is 2.69. The van der Waals surface area contributed by atoms with Gasteiger partial charge in [0.05, 0.1) is 23.8 Å². The molecule has 0 spiro atoms. The number of aryl methyl sites for hydroxylation is 1. The van der Waals surface area contributed by atoms with Gasteiger partial charge in [0.1, 0.15) is 12.3 Å². The van der Waals surface area contributed by atoms with Crippen molar-refractivity contribution in [2.45, 2.75) is 30.7 Å². The van der Waals surface area contributed by atoms with Crippen molar-refractivity contribution in [1.29, 1.82) is 0 Å². The fraction of sp³-hybridized carbons (Fsp3) is 0.417. The number of morpholine rings is 1. The van der Waals surface area contributed by atoms with E-state index in [-0.39, 0.29) is 48.8 Å². The molecule has 0 saturated carbocycles. The van der Waals surface area contributed by atoms with E-state index in [1.807, 2.05) is 37.3 Å². The number of benzene rings is 2. The highest BCUT2D eigenvalue weighted by Gasteiger charge is 2.32. The molecule has 4 rings (SSSR count). The summed E-state index contributed by atoms with van der Waals surface area (Å²) < 4.78 is 38.2. The van der Waals surface area contributed by atoms with Crippen molar-refractivity contribution in [1.82, 2.24) is 9.62 Å². The summed E-state index contributed by atoms with van der Waals surface area (Å²) >= 11 is 0. The van der Waals surface area contributed by atoms with Crippen LogP contribution in [0.5, 0.6) is 5.75 Å². The van der Waals surface area contributed by atoms with Crippen molar-refractivity contribution in [3.05, 3.63) is 54.1 Å². The topological polar surface area (TPSA) is 105 Å². The number of carbonyl (C=O) groups excluding carboxylic acids is 2. The highest BCUT2D eigenvalue weighted by Crippen LogP contribution is 2.35. The summed E-state index contributed by atoms with van der Waals surface area (Å²) in [4.78, 5) is 26.7. The molecule has 0 aromatic heterocycles. The van der Waals surface area contributed by atoms with Gasteiger partial charge in [-0.1, -0.05) is 30.3 Å². The number of hydrogen-bond acceptors (Lipinski definition) is 6. The Morgan fingerprint density at radius 3 is 2.59 bits per heavy atom. The lowest BCUT2D eigenvalue weighted by Gasteiger charge is -2.31. The van der Waals surface area contributed by atoms with Gasteiger partial charge in [0.25, 0.3) is 5.91 Å². The van der Waals surface area contributed by atoms with Gasteiger partial charge in [-0.15, -0.1) is 0 Å². The highest BCUT2D eigenvalue weighted by atomic mass is 32.2. The second-order valence-electron chi connectivity index (χ2n) is 8.41. The van der Waals surface area contributed by atoms with E-state index in [9.17, 15) is 18.0 Å². The van der Waals surface area contributed by atoms with Crippen molar-refractivity contribution < 1.29 is 27.5 Å². The van der Waals surface area contributed by atoms with Gasteiger partial charge in [-0.25, -0.2) is 8.42 Å². The summed E-state index contributed by atoms with van der Waals surface area (Å²) in [5.74, 6) is -0.353. The van der Waals surface area contributed by atoms with E-state index in [0.29, 0.717) is 19.0 Å². The molecule has 2 amide bonds. The predicted molar refractivity (Wildman–Crippen MR) is 126 cm³/mol. The fourth-order valence-corrected chi connectivity index (χ4v) is 5.44. The van der Waals surface area contributed by atoms with Crippen LogP contribution in [-0.4, -0.2) is 70.0 Å². The fourth-order valence-electron chi connectivity index (χ4n) is 4.02. The van der Waals surface area contributed by atoms with Crippen LogP contribution in [0.15, 0.2) is 53.4 Å². The summed E-state index contributed by atoms with van der Waals surface area (Å²) in [5.41, 5.74) is 1.47. The van der Waals surface area contributed by atoms with Crippen molar-refractivity contribution in [2.75, 3.05) is 44.4 Å². The molecule has 1 saturated heterocycles. The number of carbonyl (C=O) groups is 2. The molecular weight excluding hydrogens is 458 g/mol. The number of nitrogens with zero attached hydrogens (tertiary/aromatic N) is 2. The first kappa shape index (κ1) is 24.2. The molecule has 0 aliphatic carbocycles. The number of ether oxygens (including phenoxy) is 2. The minimum atomic E-state index is -3.76. The van der Waals surface area contributed by atoms with Gasteiger partial charge >= 0.3 is 0 Å². The number of amides is 2. The van der Waals surface area contributed by atoms with Gasteiger partial charge in [0.15, 0.2) is 6.61 Å². The Hall–Kier alpha value is -2.95. The van der Waals surface area contributed by atoms with Crippen LogP contribution in [0.25, 0.3) is 0 Å². The third-order valence-electron chi connectivity index (χ3n) is 5.90. The summed E-state index contributed by atoms with van der Waals surface area (Å²) in [6, 6.07) is 14.3. The molecule has 1 fully saturated rings. The van der Waals surface area contributed by atoms with Crippen LogP contribution in [0, 0.1) is 0 Å². The molecule has 182 valence electrons. The number of fused-ring (bicyclic) bond motifs is 1. The van der Waals surface area contributed by atoms with Crippen LogP contribution < -0.4 is 15.0 Å². The first-order valence-corrected chi connectivity index (χ1v) is 12.8. The quantitative estimate of drug-likeness (QED) is 0.606. The third kappa shape index (κ3) is 5.57. The summed E-state index contributed by atoms with van der Waals surface area (Å²) in [6.07, 6.45) is 1.58. The zero-order valence-electron chi connectivity index (χ0n) is 19.1. The smallest absolute Gasteiger partial charge is 0.265 e. The second-order valence-corrected chi connectivity index (χ2v) is 10.3. The highest BCUT2D eigenvalue weighted by molar-refractivity contribution is 7.89. The maximum absolute atomic E-state index is 13.1. The molecule has 0 radical (unpaired) electrons. The van der Waals surface area contributed by atoms with E-state index in [4.69, 9.17) is 9.47 Å². The number of sulfonamides is 1. The van der Waals surface area contributed by atoms with Gasteiger partial charge in [-0.05, 0) is 43.5 Å². The SMILES string of the molecule is C[C@@H](CCc1ccccc1)NC(=O)CN1C(=O)COc2ccc(S(=O)(=O)N3CCOCC3)cc21. The van der Waals surface area contributed by atoms with Crippen molar-refractivity contribution in [2.24, 2.45) is 0 Å². The van der Waals surface area contributed by atoms with Crippen molar-refractivity contribution in [3.8, 4) is 5.75 Å². The van der Waals surface area contributed by atoms with E-state index in [0.717, 1.165) is 12.8 Å². The largest absolute Gasteiger partial charge is 0.482 e. The van der Waals surface area contributed by atoms with E-state index >= 15 is 0 Å². The second kappa shape index (κ2) is 10.5. The number of rotatable bonds is 8. The molecule has 9 nitrogen and oxygen atoms in total. The van der Waals surface area contributed by atoms with Gasteiger partial charge in [-0.2, -0.15) is 4.31 Å². The number of nitrogens with one attached hydrogen (secondary N) is 1. The van der Waals surface area contributed by atoms with Crippen LogP contribution in [-0.2, 0) is 30.8 Å². The van der Waals surface area contributed by atoms with Crippen LogP contribution in [0.4, 0.5) is 5.69 Å². The molecule has 2 heterocycles. The van der Waals surface area contributed by atoms with Gasteiger partial charge in [0.2, 0.25) is 15.9 Å². The summed E-state index contributed by atoms with van der Waals surface area (Å²) in [7, 11) is -3.76. The molecular formula is C24H29N3O6S. The molecule has 2 aliphatic rings. The third-order valence-corrected chi connectivity index (χ3v) is 7.79. The van der Waals surface area contributed by atoms with E-state index in [1.165, 1.54) is 33.0 Å². The molecule has 2 aromatic rings. The molecule has 0 bridgehead atoms. The first-order chi connectivity index (χ1) is 16.3. The maximum atomic E-state index is 13.1. The number of anilines is 1. The molecule has 1 atom stereocenters. The summed E-state index contributed by atoms with van der Waals surface area (Å²) in [5, 5.41) is 2.93. The Labute approximate surface area is 199 Å².